The zero-order chi connectivity index (χ0) is 27.7. The third-order valence-corrected chi connectivity index (χ3v) is 6.89. The Bertz CT molecular complexity index is 1330. The van der Waals surface area contributed by atoms with Crippen molar-refractivity contribution in [1.82, 2.24) is 0 Å². The standard InChI is InChI=1S/C32H32F3NO2/c1-6-38-30(37)29-27(26(22-15-9-7-10-16-22)23-17-11-8-12-18-23)28(21(2)3)31(4,5)36(29)25-20-14-13-19-24(25)32(33,34)35/h7-20,29H,6H2,1-5H3. The van der Waals surface area contributed by atoms with E-state index in [1.807, 2.05) is 88.4 Å². The van der Waals surface area contributed by atoms with Crippen LogP contribution in [0.2, 0.25) is 0 Å². The first-order valence-electron chi connectivity index (χ1n) is 12.7. The van der Waals surface area contributed by atoms with E-state index in [1.54, 1.807) is 17.9 Å². The number of carbonyl (C=O) groups excluding carboxylic acids is 1. The molecular weight excluding hydrogens is 487 g/mol. The maximum absolute atomic E-state index is 14.3. The number of hydrogen-bond donors (Lipinski definition) is 0. The van der Waals surface area contributed by atoms with Crippen LogP contribution in [0.15, 0.2) is 102 Å². The van der Waals surface area contributed by atoms with Crippen molar-refractivity contribution in [1.29, 1.82) is 0 Å². The van der Waals surface area contributed by atoms with Gasteiger partial charge in [-0.3, -0.25) is 0 Å². The van der Waals surface area contributed by atoms with Gasteiger partial charge in [0.1, 0.15) is 0 Å². The molecule has 1 aliphatic heterocycles. The largest absolute Gasteiger partial charge is 0.464 e. The normalized spacial score (nSPS) is 16.9. The zero-order valence-electron chi connectivity index (χ0n) is 22.3. The molecule has 3 nitrogen and oxygen atoms in total. The van der Waals surface area contributed by atoms with Gasteiger partial charge in [0.15, 0.2) is 6.04 Å². The number of esters is 1. The lowest BCUT2D eigenvalue weighted by Crippen LogP contribution is -2.48. The fourth-order valence-electron chi connectivity index (χ4n) is 5.68. The summed E-state index contributed by atoms with van der Waals surface area (Å²) >= 11 is 0. The Hall–Kier alpha value is -3.80. The molecule has 4 rings (SSSR count). The number of rotatable bonds is 5. The molecule has 0 spiro atoms. The molecule has 0 bridgehead atoms. The van der Waals surface area contributed by atoms with Gasteiger partial charge in [0.05, 0.1) is 23.4 Å². The van der Waals surface area contributed by atoms with E-state index in [2.05, 4.69) is 0 Å². The molecule has 3 aromatic carbocycles. The summed E-state index contributed by atoms with van der Waals surface area (Å²) in [6, 6.07) is 23.6. The van der Waals surface area contributed by atoms with Crippen molar-refractivity contribution >= 4 is 17.2 Å². The third-order valence-electron chi connectivity index (χ3n) is 6.89. The minimum Gasteiger partial charge on any atom is -0.464 e. The SMILES string of the molecule is CCOC(=O)C1C(=C(c2ccccc2)c2ccccc2)C(=C(C)C)C(C)(C)N1c1ccccc1C(F)(F)F. The van der Waals surface area contributed by atoms with Crippen molar-refractivity contribution in [2.24, 2.45) is 0 Å². The van der Waals surface area contributed by atoms with Crippen LogP contribution < -0.4 is 4.90 Å². The highest BCUT2D eigenvalue weighted by Gasteiger charge is 2.54. The molecule has 1 atom stereocenters. The van der Waals surface area contributed by atoms with Crippen LogP contribution in [0.1, 0.15) is 51.3 Å². The van der Waals surface area contributed by atoms with Crippen molar-refractivity contribution in [2.75, 3.05) is 11.5 Å². The number of allylic oxidation sites excluding steroid dienone is 1. The Balaban J connectivity index is 2.18. The Morgan fingerprint density at radius 3 is 1.84 bits per heavy atom. The zero-order valence-corrected chi connectivity index (χ0v) is 22.3. The minimum absolute atomic E-state index is 0.0581. The average molecular weight is 520 g/mol. The van der Waals surface area contributed by atoms with Crippen molar-refractivity contribution < 1.29 is 22.7 Å². The Labute approximate surface area is 222 Å². The summed E-state index contributed by atoms with van der Waals surface area (Å²) in [5.74, 6) is -0.590. The van der Waals surface area contributed by atoms with Gasteiger partial charge in [0, 0.05) is 0 Å². The second kappa shape index (κ2) is 10.5. The molecule has 1 unspecified atom stereocenters. The molecule has 1 saturated heterocycles. The predicted octanol–water partition coefficient (Wildman–Crippen LogP) is 8.07. The van der Waals surface area contributed by atoms with Crippen LogP contribution in [0.5, 0.6) is 0 Å². The average Bonchev–Trinajstić information content (AvgIpc) is 3.12. The number of ether oxygens (including phenoxy) is 1. The van der Waals surface area contributed by atoms with Crippen LogP contribution in [-0.2, 0) is 15.7 Å². The van der Waals surface area contributed by atoms with Crippen molar-refractivity contribution in [3.8, 4) is 0 Å². The van der Waals surface area contributed by atoms with E-state index >= 15 is 0 Å². The molecule has 0 aromatic heterocycles. The first-order valence-corrected chi connectivity index (χ1v) is 12.7. The lowest BCUT2D eigenvalue weighted by Gasteiger charge is -2.38. The van der Waals surface area contributed by atoms with E-state index in [9.17, 15) is 18.0 Å². The maximum Gasteiger partial charge on any atom is 0.418 e. The molecule has 0 radical (unpaired) electrons. The van der Waals surface area contributed by atoms with Crippen molar-refractivity contribution in [3.63, 3.8) is 0 Å². The molecule has 0 aliphatic carbocycles. The molecule has 6 heteroatoms. The quantitative estimate of drug-likeness (QED) is 0.319. The van der Waals surface area contributed by atoms with Gasteiger partial charge in [-0.05, 0) is 74.6 Å². The van der Waals surface area contributed by atoms with Crippen LogP contribution in [0, 0.1) is 0 Å². The van der Waals surface area contributed by atoms with Crippen molar-refractivity contribution in [3.05, 3.63) is 118 Å². The van der Waals surface area contributed by atoms with E-state index in [-0.39, 0.29) is 12.3 Å². The Kier molecular flexibility index (Phi) is 7.54. The molecule has 3 aromatic rings. The second-order valence-electron chi connectivity index (χ2n) is 9.99. The number of hydrogen-bond acceptors (Lipinski definition) is 3. The van der Waals surface area contributed by atoms with Gasteiger partial charge in [-0.2, -0.15) is 13.2 Å². The number of carbonyl (C=O) groups is 1. The van der Waals surface area contributed by atoms with E-state index in [0.717, 1.165) is 33.9 Å². The fourth-order valence-corrected chi connectivity index (χ4v) is 5.68. The Morgan fingerprint density at radius 2 is 1.37 bits per heavy atom. The summed E-state index contributed by atoms with van der Waals surface area (Å²) in [5, 5.41) is 0. The number of anilines is 1. The molecule has 0 N–H and O–H groups in total. The summed E-state index contributed by atoms with van der Waals surface area (Å²) in [6.45, 7) is 9.42. The summed E-state index contributed by atoms with van der Waals surface area (Å²) in [6.07, 6.45) is -4.61. The topological polar surface area (TPSA) is 29.5 Å². The number of benzene rings is 3. The molecular formula is C32H32F3NO2. The Morgan fingerprint density at radius 1 is 0.868 bits per heavy atom. The van der Waals surface area contributed by atoms with E-state index in [0.29, 0.717) is 5.57 Å². The van der Waals surface area contributed by atoms with Gasteiger partial charge in [-0.25, -0.2) is 4.79 Å². The third kappa shape index (κ3) is 4.87. The van der Waals surface area contributed by atoms with Gasteiger partial charge < -0.3 is 9.64 Å². The first kappa shape index (κ1) is 27.2. The summed E-state index contributed by atoms with van der Waals surface area (Å²) in [4.78, 5) is 15.4. The van der Waals surface area contributed by atoms with Crippen molar-refractivity contribution in [2.45, 2.75) is 52.4 Å². The van der Waals surface area contributed by atoms with E-state index in [1.165, 1.54) is 12.1 Å². The minimum atomic E-state index is -4.61. The lowest BCUT2D eigenvalue weighted by atomic mass is 9.82. The predicted molar refractivity (Wildman–Crippen MR) is 146 cm³/mol. The highest BCUT2D eigenvalue weighted by atomic mass is 19.4. The number of halogens is 3. The second-order valence-corrected chi connectivity index (χ2v) is 9.99. The fraction of sp³-hybridized carbons (Fsp3) is 0.281. The molecule has 0 amide bonds. The summed E-state index contributed by atoms with van der Waals surface area (Å²) in [7, 11) is 0. The van der Waals surface area contributed by atoms with Crippen LogP contribution in [-0.4, -0.2) is 24.2 Å². The van der Waals surface area contributed by atoms with Gasteiger partial charge in [0.2, 0.25) is 0 Å². The molecule has 38 heavy (non-hydrogen) atoms. The van der Waals surface area contributed by atoms with Crippen LogP contribution in [0.4, 0.5) is 18.9 Å². The molecule has 0 saturated carbocycles. The van der Waals surface area contributed by atoms with Crippen LogP contribution >= 0.6 is 0 Å². The molecule has 1 heterocycles. The van der Waals surface area contributed by atoms with Crippen LogP contribution in [0.3, 0.4) is 0 Å². The van der Waals surface area contributed by atoms with Gasteiger partial charge in [-0.1, -0.05) is 78.4 Å². The first-order chi connectivity index (χ1) is 18.0. The van der Waals surface area contributed by atoms with Gasteiger partial charge >= 0.3 is 12.1 Å². The lowest BCUT2D eigenvalue weighted by molar-refractivity contribution is -0.144. The number of alkyl halides is 3. The van der Waals surface area contributed by atoms with Crippen LogP contribution in [0.25, 0.3) is 5.57 Å². The van der Waals surface area contributed by atoms with E-state index < -0.39 is 29.3 Å². The molecule has 198 valence electrons. The summed E-state index contributed by atoms with van der Waals surface area (Å²) < 4.78 is 48.5. The maximum atomic E-state index is 14.3. The number of nitrogens with zero attached hydrogens (tertiary/aromatic N) is 1. The number of para-hydroxylation sites is 1. The molecule has 1 fully saturated rings. The summed E-state index contributed by atoms with van der Waals surface area (Å²) in [5.41, 5.74) is 3.08. The molecule has 1 aliphatic rings. The van der Waals surface area contributed by atoms with Gasteiger partial charge in [0.25, 0.3) is 0 Å². The highest BCUT2D eigenvalue weighted by Crippen LogP contribution is 2.52. The highest BCUT2D eigenvalue weighted by molar-refractivity contribution is 5.98. The monoisotopic (exact) mass is 519 g/mol. The smallest absolute Gasteiger partial charge is 0.418 e. The van der Waals surface area contributed by atoms with E-state index in [4.69, 9.17) is 4.74 Å². The van der Waals surface area contributed by atoms with Gasteiger partial charge in [-0.15, -0.1) is 0 Å².